The van der Waals surface area contributed by atoms with Crippen LogP contribution in [0.1, 0.15) is 38.5 Å². The summed E-state index contributed by atoms with van der Waals surface area (Å²) >= 11 is 0. The van der Waals surface area contributed by atoms with E-state index < -0.39 is 0 Å². The van der Waals surface area contributed by atoms with Crippen molar-refractivity contribution < 1.29 is 5.48 Å². The van der Waals surface area contributed by atoms with Crippen molar-refractivity contribution in [2.75, 3.05) is 39.3 Å². The van der Waals surface area contributed by atoms with Gasteiger partial charge in [0.25, 0.3) is 0 Å². The highest BCUT2D eigenvalue weighted by Crippen LogP contribution is 2.08. The maximum Gasteiger partial charge on any atom is 0.347 e. The maximum absolute atomic E-state index is 11.3. The van der Waals surface area contributed by atoms with Crippen molar-refractivity contribution in [1.29, 1.82) is 0 Å². The van der Waals surface area contributed by atoms with E-state index in [0.717, 1.165) is 26.2 Å². The van der Waals surface area contributed by atoms with Gasteiger partial charge in [-0.25, -0.2) is 19.6 Å². The van der Waals surface area contributed by atoms with Crippen LogP contribution in [0.15, 0.2) is 46.5 Å². The Hall–Kier alpha value is -1.20. The van der Waals surface area contributed by atoms with E-state index in [0.29, 0.717) is 0 Å². The van der Waals surface area contributed by atoms with Crippen LogP contribution in [0.3, 0.4) is 0 Å². The van der Waals surface area contributed by atoms with E-state index in [-0.39, 0.29) is 66.5 Å². The fourth-order valence-corrected chi connectivity index (χ4v) is 3.98. The minimum absolute atomic E-state index is 0. The number of rotatable bonds is 6. The van der Waals surface area contributed by atoms with Gasteiger partial charge in [0.1, 0.15) is 0 Å². The van der Waals surface area contributed by atoms with Crippen molar-refractivity contribution in [3.8, 4) is 0 Å². The molecule has 2 saturated heterocycles. The Morgan fingerprint density at radius 1 is 0.571 bits per heavy atom. The van der Waals surface area contributed by atoms with E-state index in [1.165, 1.54) is 64.7 Å². The summed E-state index contributed by atoms with van der Waals surface area (Å²) in [7, 11) is 0. The molecule has 0 aliphatic carbocycles. The smallest absolute Gasteiger partial charge is 0.347 e. The minimum Gasteiger partial charge on any atom is -0.412 e. The molecule has 0 aromatic carbocycles. The van der Waals surface area contributed by atoms with E-state index in [1.807, 2.05) is 0 Å². The van der Waals surface area contributed by atoms with Crippen LogP contribution >= 0.6 is 49.6 Å². The average Bonchev–Trinajstić information content (AvgIpc) is 2.80. The molecule has 2 fully saturated rings. The molecule has 9 nitrogen and oxygen atoms in total. The molecule has 2 aromatic rings. The Kier molecular flexibility index (Phi) is 24.1. The highest BCUT2D eigenvalue weighted by Gasteiger charge is 2.10. The van der Waals surface area contributed by atoms with Crippen molar-refractivity contribution >= 4 is 49.6 Å². The van der Waals surface area contributed by atoms with Gasteiger partial charge < -0.3 is 15.3 Å². The maximum atomic E-state index is 11.3. The molecule has 204 valence electrons. The third kappa shape index (κ3) is 14.2. The van der Waals surface area contributed by atoms with Crippen molar-refractivity contribution in [3.05, 3.63) is 57.9 Å². The number of nitrogens with zero attached hydrogens (tertiary/aromatic N) is 6. The zero-order valence-electron chi connectivity index (χ0n) is 20.0. The number of piperidine rings is 2. The third-order valence-electron chi connectivity index (χ3n) is 5.78. The lowest BCUT2D eigenvalue weighted by atomic mass is 10.1. The van der Waals surface area contributed by atoms with Crippen molar-refractivity contribution in [1.82, 2.24) is 28.9 Å². The number of aromatic nitrogens is 4. The average molecular weight is 578 g/mol. The monoisotopic (exact) mass is 576 g/mol. The lowest BCUT2D eigenvalue weighted by Crippen LogP contribution is -2.34. The van der Waals surface area contributed by atoms with Gasteiger partial charge in [-0.2, -0.15) is 0 Å². The first-order chi connectivity index (χ1) is 14.7. The molecule has 0 saturated carbocycles. The first kappa shape index (κ1) is 38.3. The summed E-state index contributed by atoms with van der Waals surface area (Å²) in [5.41, 5.74) is -0.288. The number of halogens is 4. The molecule has 0 radical (unpaired) electrons. The molecular formula is C22H40Cl4N6O3. The molecule has 0 unspecified atom stereocenters. The quantitative estimate of drug-likeness (QED) is 0.521. The molecule has 2 aliphatic heterocycles. The van der Waals surface area contributed by atoms with Gasteiger partial charge in [-0.3, -0.25) is 9.13 Å². The fraction of sp³-hybridized carbons (Fsp3) is 0.636. The van der Waals surface area contributed by atoms with E-state index in [2.05, 4.69) is 19.8 Å². The summed E-state index contributed by atoms with van der Waals surface area (Å²) in [6, 6.07) is 3.61. The Balaban J connectivity index is -0.000000512. The van der Waals surface area contributed by atoms with E-state index in [4.69, 9.17) is 0 Å². The van der Waals surface area contributed by atoms with Crippen LogP contribution in [0.2, 0.25) is 0 Å². The topological polar surface area (TPSA) is 108 Å². The predicted molar refractivity (Wildman–Crippen MR) is 150 cm³/mol. The summed E-state index contributed by atoms with van der Waals surface area (Å²) in [5.74, 6) is 0. The number of hydrogen-bond donors (Lipinski definition) is 0. The van der Waals surface area contributed by atoms with Crippen LogP contribution in [-0.4, -0.2) is 73.6 Å². The lowest BCUT2D eigenvalue weighted by Gasteiger charge is -2.26. The molecule has 4 heterocycles. The van der Waals surface area contributed by atoms with Crippen LogP contribution in [0.25, 0.3) is 0 Å². The molecule has 35 heavy (non-hydrogen) atoms. The normalized spacial score (nSPS) is 15.3. The molecule has 0 bridgehead atoms. The van der Waals surface area contributed by atoms with Gasteiger partial charge in [0.15, 0.2) is 0 Å². The summed E-state index contributed by atoms with van der Waals surface area (Å²) in [4.78, 5) is 35.0. The first-order valence-corrected chi connectivity index (χ1v) is 11.2. The second kappa shape index (κ2) is 22.0. The molecule has 2 aromatic heterocycles. The van der Waals surface area contributed by atoms with Gasteiger partial charge in [-0.05, 0) is 64.0 Å². The Labute approximate surface area is 232 Å². The van der Waals surface area contributed by atoms with E-state index >= 15 is 0 Å². The van der Waals surface area contributed by atoms with Crippen LogP contribution in [-0.2, 0) is 13.1 Å². The summed E-state index contributed by atoms with van der Waals surface area (Å²) in [6.45, 7) is 8.14. The molecule has 0 atom stereocenters. The highest BCUT2D eigenvalue weighted by atomic mass is 35.5. The van der Waals surface area contributed by atoms with Crippen molar-refractivity contribution in [2.45, 2.75) is 51.6 Å². The van der Waals surface area contributed by atoms with E-state index in [9.17, 15) is 9.59 Å². The molecule has 0 amide bonds. The minimum atomic E-state index is -0.144. The van der Waals surface area contributed by atoms with Crippen molar-refractivity contribution in [2.24, 2.45) is 0 Å². The van der Waals surface area contributed by atoms with Gasteiger partial charge in [0.05, 0.1) is 0 Å². The van der Waals surface area contributed by atoms with Gasteiger partial charge in [0.2, 0.25) is 0 Å². The zero-order chi connectivity index (χ0) is 21.0. The van der Waals surface area contributed by atoms with E-state index in [1.54, 1.807) is 46.1 Å². The Morgan fingerprint density at radius 3 is 1.23 bits per heavy atom. The van der Waals surface area contributed by atoms with Gasteiger partial charge in [0, 0.05) is 51.0 Å². The molecule has 2 N–H and O–H groups in total. The first-order valence-electron chi connectivity index (χ1n) is 11.2. The van der Waals surface area contributed by atoms with Crippen LogP contribution in [0, 0.1) is 0 Å². The van der Waals surface area contributed by atoms with Gasteiger partial charge in [-0.15, -0.1) is 49.6 Å². The Bertz CT molecular complexity index is 803. The lowest BCUT2D eigenvalue weighted by molar-refractivity contribution is 0.219. The molecule has 13 heteroatoms. The van der Waals surface area contributed by atoms with Crippen LogP contribution in [0.5, 0.6) is 0 Å². The van der Waals surface area contributed by atoms with Crippen molar-refractivity contribution in [3.63, 3.8) is 0 Å². The second-order valence-corrected chi connectivity index (χ2v) is 8.00. The molecular weight excluding hydrogens is 538 g/mol. The highest BCUT2D eigenvalue weighted by molar-refractivity contribution is 5.86. The summed E-state index contributed by atoms with van der Waals surface area (Å²) in [5, 5.41) is 0. The summed E-state index contributed by atoms with van der Waals surface area (Å²) in [6.07, 6.45) is 14.6. The number of likely N-dealkylation sites (tertiary alicyclic amines) is 2. The number of hydrogen-bond acceptors (Lipinski definition) is 6. The molecule has 0 spiro atoms. The SMILES string of the molecule is Cl.Cl.Cl.Cl.O.O=c1ncccn1CCN1CCCCC1.O=c1ncccn1CCN1CCCCC1. The summed E-state index contributed by atoms with van der Waals surface area (Å²) < 4.78 is 3.35. The molecule has 2 aliphatic rings. The van der Waals surface area contributed by atoms with Gasteiger partial charge in [-0.1, -0.05) is 12.8 Å². The van der Waals surface area contributed by atoms with Crippen LogP contribution < -0.4 is 11.4 Å². The standard InChI is InChI=1S/2C11H17N3O.4ClH.H2O/c2*15-11-12-5-4-8-14(11)10-9-13-6-2-1-3-7-13;;;;;/h2*4-5,8H,1-3,6-7,9-10H2;4*1H;1H2. The predicted octanol–water partition coefficient (Wildman–Crippen LogP) is 2.32. The third-order valence-corrected chi connectivity index (χ3v) is 5.78. The Morgan fingerprint density at radius 2 is 0.914 bits per heavy atom. The van der Waals surface area contributed by atoms with Gasteiger partial charge >= 0.3 is 11.4 Å². The molecule has 4 rings (SSSR count). The fourth-order valence-electron chi connectivity index (χ4n) is 3.98. The van der Waals surface area contributed by atoms with Crippen LogP contribution in [0.4, 0.5) is 0 Å². The second-order valence-electron chi connectivity index (χ2n) is 8.00. The largest absolute Gasteiger partial charge is 0.412 e. The zero-order valence-corrected chi connectivity index (χ0v) is 23.3.